The molecule has 1 saturated heterocycles. The van der Waals surface area contributed by atoms with Crippen molar-refractivity contribution in [1.29, 1.82) is 0 Å². The van der Waals surface area contributed by atoms with Crippen molar-refractivity contribution in [3.8, 4) is 0 Å². The van der Waals surface area contributed by atoms with Gasteiger partial charge in [0.05, 0.1) is 10.5 Å². The predicted molar refractivity (Wildman–Crippen MR) is 71.0 cm³/mol. The summed E-state index contributed by atoms with van der Waals surface area (Å²) >= 11 is 1.71. The standard InChI is InChI=1S/C11H13FN2O3S2/c12-10-2-1-8(19(13,16)17)5-9(10)11(15)14-7-3-4-18-6-7/h1-2,5,7H,3-4,6H2,(H,14,15)(H2,13,16,17)/t7-/m1/s1. The zero-order valence-corrected chi connectivity index (χ0v) is 11.6. The van der Waals surface area contributed by atoms with Gasteiger partial charge in [0.2, 0.25) is 10.0 Å². The number of primary sulfonamides is 1. The minimum absolute atomic E-state index is 0.00459. The molecule has 1 amide bonds. The molecular weight excluding hydrogens is 291 g/mol. The van der Waals surface area contributed by atoms with Crippen molar-refractivity contribution in [1.82, 2.24) is 5.32 Å². The quantitative estimate of drug-likeness (QED) is 0.860. The van der Waals surface area contributed by atoms with E-state index in [0.29, 0.717) is 0 Å². The zero-order chi connectivity index (χ0) is 14.0. The van der Waals surface area contributed by atoms with Gasteiger partial charge in [-0.1, -0.05) is 0 Å². The number of sulfonamides is 1. The maximum Gasteiger partial charge on any atom is 0.254 e. The van der Waals surface area contributed by atoms with Crippen LogP contribution in [0.15, 0.2) is 23.1 Å². The number of nitrogens with one attached hydrogen (secondary N) is 1. The number of hydrogen-bond acceptors (Lipinski definition) is 4. The lowest BCUT2D eigenvalue weighted by atomic mass is 10.1. The summed E-state index contributed by atoms with van der Waals surface area (Å²) in [7, 11) is -3.95. The van der Waals surface area contributed by atoms with Crippen molar-refractivity contribution in [3.05, 3.63) is 29.6 Å². The van der Waals surface area contributed by atoms with Crippen LogP contribution in [0.4, 0.5) is 4.39 Å². The molecule has 2 rings (SSSR count). The highest BCUT2D eigenvalue weighted by Gasteiger charge is 2.21. The summed E-state index contributed by atoms with van der Waals surface area (Å²) in [5.41, 5.74) is -0.302. The molecular formula is C11H13FN2O3S2. The lowest BCUT2D eigenvalue weighted by molar-refractivity contribution is 0.0937. The molecule has 3 N–H and O–H groups in total. The highest BCUT2D eigenvalue weighted by atomic mass is 32.2. The number of halogens is 1. The second kappa shape index (κ2) is 5.48. The lowest BCUT2D eigenvalue weighted by Gasteiger charge is -2.12. The first-order valence-electron chi connectivity index (χ1n) is 5.59. The average Bonchev–Trinajstić information content (AvgIpc) is 2.80. The summed E-state index contributed by atoms with van der Waals surface area (Å²) in [5, 5.41) is 7.63. The number of nitrogens with two attached hydrogens (primary N) is 1. The van der Waals surface area contributed by atoms with E-state index in [0.717, 1.165) is 36.1 Å². The maximum absolute atomic E-state index is 13.6. The molecule has 0 radical (unpaired) electrons. The molecule has 1 fully saturated rings. The Morgan fingerprint density at radius 2 is 2.21 bits per heavy atom. The fourth-order valence-corrected chi connectivity index (χ4v) is 3.46. The SMILES string of the molecule is NS(=O)(=O)c1ccc(F)c(C(=O)N[C@@H]2CCSC2)c1. The Hall–Kier alpha value is -1.12. The van der Waals surface area contributed by atoms with Gasteiger partial charge in [0.15, 0.2) is 0 Å². The van der Waals surface area contributed by atoms with Gasteiger partial charge in [-0.25, -0.2) is 17.9 Å². The molecule has 19 heavy (non-hydrogen) atoms. The van der Waals surface area contributed by atoms with Crippen molar-refractivity contribution in [2.75, 3.05) is 11.5 Å². The largest absolute Gasteiger partial charge is 0.348 e. The van der Waals surface area contributed by atoms with Crippen LogP contribution in [0.1, 0.15) is 16.8 Å². The van der Waals surface area contributed by atoms with E-state index in [4.69, 9.17) is 5.14 Å². The van der Waals surface area contributed by atoms with Gasteiger partial charge >= 0.3 is 0 Å². The molecule has 0 aliphatic carbocycles. The van der Waals surface area contributed by atoms with Gasteiger partial charge in [0.1, 0.15) is 5.82 Å². The van der Waals surface area contributed by atoms with Crippen LogP contribution in [0.25, 0.3) is 0 Å². The second-order valence-electron chi connectivity index (χ2n) is 4.22. The van der Waals surface area contributed by atoms with E-state index in [2.05, 4.69) is 5.32 Å². The fourth-order valence-electron chi connectivity index (χ4n) is 1.77. The number of carbonyl (C=O) groups excluding carboxylic acids is 1. The topological polar surface area (TPSA) is 89.3 Å². The monoisotopic (exact) mass is 304 g/mol. The third-order valence-corrected chi connectivity index (χ3v) is 4.85. The van der Waals surface area contributed by atoms with Crippen LogP contribution in [-0.4, -0.2) is 31.9 Å². The van der Waals surface area contributed by atoms with E-state index in [-0.39, 0.29) is 16.5 Å². The smallest absolute Gasteiger partial charge is 0.254 e. The van der Waals surface area contributed by atoms with Gasteiger partial charge in [-0.3, -0.25) is 4.79 Å². The summed E-state index contributed by atoms with van der Waals surface area (Å²) in [6.07, 6.45) is 0.826. The van der Waals surface area contributed by atoms with E-state index >= 15 is 0 Å². The number of rotatable bonds is 3. The molecule has 0 aromatic heterocycles. The molecule has 5 nitrogen and oxygen atoms in total. The zero-order valence-electron chi connectivity index (χ0n) is 9.93. The van der Waals surface area contributed by atoms with Crippen LogP contribution < -0.4 is 10.5 Å². The number of carbonyl (C=O) groups is 1. The Bertz CT molecular complexity index is 598. The molecule has 1 aliphatic heterocycles. The first kappa shape index (κ1) is 14.3. The van der Waals surface area contributed by atoms with Crippen LogP contribution in [-0.2, 0) is 10.0 Å². The van der Waals surface area contributed by atoms with Crippen LogP contribution in [0.3, 0.4) is 0 Å². The summed E-state index contributed by atoms with van der Waals surface area (Å²) in [6.45, 7) is 0. The summed E-state index contributed by atoms with van der Waals surface area (Å²) in [4.78, 5) is 11.6. The Balaban J connectivity index is 2.25. The van der Waals surface area contributed by atoms with E-state index in [1.165, 1.54) is 0 Å². The first-order valence-corrected chi connectivity index (χ1v) is 8.29. The molecule has 1 aromatic carbocycles. The Morgan fingerprint density at radius 3 is 2.79 bits per heavy atom. The molecule has 0 saturated carbocycles. The number of thioether (sulfide) groups is 1. The first-order chi connectivity index (χ1) is 8.88. The van der Waals surface area contributed by atoms with E-state index in [9.17, 15) is 17.6 Å². The van der Waals surface area contributed by atoms with Gasteiger partial charge in [0, 0.05) is 11.8 Å². The number of hydrogen-bond donors (Lipinski definition) is 2. The van der Waals surface area contributed by atoms with Crippen LogP contribution in [0, 0.1) is 5.82 Å². The van der Waals surface area contributed by atoms with Crippen molar-refractivity contribution in [2.45, 2.75) is 17.4 Å². The minimum Gasteiger partial charge on any atom is -0.348 e. The highest BCUT2D eigenvalue weighted by Crippen LogP contribution is 2.19. The molecule has 1 heterocycles. The molecule has 0 spiro atoms. The van der Waals surface area contributed by atoms with Crippen molar-refractivity contribution in [2.24, 2.45) is 5.14 Å². The van der Waals surface area contributed by atoms with Crippen LogP contribution in [0.2, 0.25) is 0 Å². The lowest BCUT2D eigenvalue weighted by Crippen LogP contribution is -2.35. The van der Waals surface area contributed by atoms with Crippen molar-refractivity contribution >= 4 is 27.7 Å². The van der Waals surface area contributed by atoms with E-state index in [1.807, 2.05) is 0 Å². The molecule has 8 heteroatoms. The maximum atomic E-state index is 13.6. The van der Waals surface area contributed by atoms with Crippen LogP contribution >= 0.6 is 11.8 Å². The molecule has 1 aromatic rings. The molecule has 0 bridgehead atoms. The third-order valence-electron chi connectivity index (χ3n) is 2.78. The van der Waals surface area contributed by atoms with Crippen LogP contribution in [0.5, 0.6) is 0 Å². The highest BCUT2D eigenvalue weighted by molar-refractivity contribution is 7.99. The van der Waals surface area contributed by atoms with Gasteiger partial charge in [-0.2, -0.15) is 11.8 Å². The Morgan fingerprint density at radius 1 is 1.47 bits per heavy atom. The molecule has 0 unspecified atom stereocenters. The van der Waals surface area contributed by atoms with E-state index < -0.39 is 21.7 Å². The van der Waals surface area contributed by atoms with Gasteiger partial charge in [-0.05, 0) is 30.4 Å². The molecule has 1 aliphatic rings. The van der Waals surface area contributed by atoms with E-state index in [1.54, 1.807) is 11.8 Å². The molecule has 1 atom stereocenters. The average molecular weight is 304 g/mol. The fraction of sp³-hybridized carbons (Fsp3) is 0.364. The van der Waals surface area contributed by atoms with Crippen molar-refractivity contribution in [3.63, 3.8) is 0 Å². The minimum atomic E-state index is -3.95. The predicted octanol–water partition coefficient (Wildman–Crippen LogP) is 0.708. The molecule has 104 valence electrons. The number of amides is 1. The second-order valence-corrected chi connectivity index (χ2v) is 6.93. The summed E-state index contributed by atoms with van der Waals surface area (Å²) in [6, 6.07) is 2.92. The van der Waals surface area contributed by atoms with Gasteiger partial charge in [0.25, 0.3) is 5.91 Å². The number of benzene rings is 1. The van der Waals surface area contributed by atoms with Gasteiger partial charge in [-0.15, -0.1) is 0 Å². The Kier molecular flexibility index (Phi) is 4.12. The van der Waals surface area contributed by atoms with Crippen molar-refractivity contribution < 1.29 is 17.6 Å². The normalized spacial score (nSPS) is 19.4. The summed E-state index contributed by atoms with van der Waals surface area (Å²) < 4.78 is 35.9. The van der Waals surface area contributed by atoms with Gasteiger partial charge < -0.3 is 5.32 Å². The Labute approximate surface area is 114 Å². The summed E-state index contributed by atoms with van der Waals surface area (Å²) in [5.74, 6) is 0.346. The third kappa shape index (κ3) is 3.46.